The van der Waals surface area contributed by atoms with Gasteiger partial charge in [-0.15, -0.1) is 0 Å². The summed E-state index contributed by atoms with van der Waals surface area (Å²) in [5.41, 5.74) is 14.1. The molecule has 234 valence electrons. The third-order valence-electron chi connectivity index (χ3n) is 9.48. The van der Waals surface area contributed by atoms with Gasteiger partial charge in [-0.05, 0) is 100 Å². The van der Waals surface area contributed by atoms with E-state index in [1.54, 1.807) is 18.6 Å². The van der Waals surface area contributed by atoms with E-state index in [2.05, 4.69) is 125 Å². The van der Waals surface area contributed by atoms with Crippen LogP contribution < -0.4 is 0 Å². The minimum absolute atomic E-state index is 0.797. The largest absolute Gasteiger partial charge is 0.454 e. The first kappa shape index (κ1) is 28.2. The lowest BCUT2D eigenvalue weighted by Gasteiger charge is -2.10. The molecule has 0 fully saturated rings. The van der Waals surface area contributed by atoms with Gasteiger partial charge in [-0.1, -0.05) is 72.8 Å². The van der Waals surface area contributed by atoms with Crippen LogP contribution in [0.1, 0.15) is 0 Å². The second-order valence-electron chi connectivity index (χ2n) is 12.5. The maximum atomic E-state index is 6.00. The Labute approximate surface area is 287 Å². The summed E-state index contributed by atoms with van der Waals surface area (Å²) in [6, 6.07) is 48.8. The SMILES string of the molecule is c1cc(-c2cccc(-c3cccc(-c4cccc(-c5ccc6oc7cnccc7c6c5)c4)n3)c2)cc(-c2ccc3oc4cnccc4c3c2)c1. The zero-order valence-corrected chi connectivity index (χ0v) is 26.7. The van der Waals surface area contributed by atoms with Gasteiger partial charge in [0.25, 0.3) is 0 Å². The van der Waals surface area contributed by atoms with Crippen LogP contribution in [0.3, 0.4) is 0 Å². The smallest absolute Gasteiger partial charge is 0.153 e. The number of nitrogens with zero attached hydrogens (tertiary/aromatic N) is 3. The Morgan fingerprint density at radius 1 is 0.320 bits per heavy atom. The van der Waals surface area contributed by atoms with Gasteiger partial charge in [0.2, 0.25) is 0 Å². The highest BCUT2D eigenvalue weighted by Crippen LogP contribution is 2.36. The van der Waals surface area contributed by atoms with E-state index < -0.39 is 0 Å². The quantitative estimate of drug-likeness (QED) is 0.187. The van der Waals surface area contributed by atoms with Crippen LogP contribution in [-0.4, -0.2) is 15.0 Å². The van der Waals surface area contributed by atoms with Crippen molar-refractivity contribution in [3.63, 3.8) is 0 Å². The predicted octanol–water partition coefficient (Wildman–Crippen LogP) is 12.0. The highest BCUT2D eigenvalue weighted by molar-refractivity contribution is 6.07. The van der Waals surface area contributed by atoms with Crippen LogP contribution in [0.25, 0.3) is 99.8 Å². The van der Waals surface area contributed by atoms with Crippen molar-refractivity contribution in [2.75, 3.05) is 0 Å². The number of hydrogen-bond donors (Lipinski definition) is 0. The zero-order valence-electron chi connectivity index (χ0n) is 26.7. The molecule has 50 heavy (non-hydrogen) atoms. The molecule has 10 rings (SSSR count). The second kappa shape index (κ2) is 11.4. The lowest BCUT2D eigenvalue weighted by molar-refractivity contribution is 0.666. The molecular formula is C45H27N3O2. The molecule has 10 aromatic rings. The molecule has 0 radical (unpaired) electrons. The van der Waals surface area contributed by atoms with Gasteiger partial charge < -0.3 is 8.83 Å². The first-order valence-electron chi connectivity index (χ1n) is 16.6. The fraction of sp³-hybridized carbons (Fsp3) is 0. The number of pyridine rings is 3. The lowest BCUT2D eigenvalue weighted by atomic mass is 9.96. The molecule has 5 heterocycles. The molecule has 0 aliphatic rings. The summed E-state index contributed by atoms with van der Waals surface area (Å²) in [6.45, 7) is 0. The number of hydrogen-bond acceptors (Lipinski definition) is 5. The van der Waals surface area contributed by atoms with Crippen LogP contribution >= 0.6 is 0 Å². The van der Waals surface area contributed by atoms with Crippen LogP contribution in [0, 0.1) is 0 Å². The zero-order chi connectivity index (χ0) is 33.0. The molecule has 0 aliphatic heterocycles. The van der Waals surface area contributed by atoms with E-state index in [9.17, 15) is 0 Å². The number of furan rings is 2. The van der Waals surface area contributed by atoms with Crippen molar-refractivity contribution in [3.05, 3.63) is 164 Å². The summed E-state index contributed by atoms with van der Waals surface area (Å²) in [6.07, 6.45) is 7.15. The summed E-state index contributed by atoms with van der Waals surface area (Å²) >= 11 is 0. The van der Waals surface area contributed by atoms with Crippen molar-refractivity contribution in [3.8, 4) is 55.9 Å². The standard InChI is InChI=1S/C45H27N3O2/c1-5-28(21-29(6-1)32-13-15-42-38(24-32)36-17-19-46-26-44(36)49-42)30-7-2-9-34(22-30)40-11-4-12-41(48-40)35-10-3-8-31(23-35)33-14-16-43-39(25-33)37-18-20-47-27-45(37)50-43/h1-27H. The molecule has 0 aliphatic carbocycles. The highest BCUT2D eigenvalue weighted by Gasteiger charge is 2.12. The third-order valence-corrected chi connectivity index (χ3v) is 9.48. The molecule has 0 bridgehead atoms. The van der Waals surface area contributed by atoms with E-state index in [1.807, 2.05) is 30.5 Å². The summed E-state index contributed by atoms with van der Waals surface area (Å²) in [5, 5.41) is 4.32. The summed E-state index contributed by atoms with van der Waals surface area (Å²) < 4.78 is 12.0. The van der Waals surface area contributed by atoms with Gasteiger partial charge in [0.15, 0.2) is 11.2 Å². The van der Waals surface area contributed by atoms with Crippen molar-refractivity contribution in [1.82, 2.24) is 15.0 Å². The Morgan fingerprint density at radius 3 is 1.20 bits per heavy atom. The lowest BCUT2D eigenvalue weighted by Crippen LogP contribution is -1.89. The Balaban J connectivity index is 0.968. The van der Waals surface area contributed by atoms with E-state index in [4.69, 9.17) is 13.8 Å². The molecule has 0 amide bonds. The Kier molecular flexibility index (Phi) is 6.42. The minimum Gasteiger partial charge on any atom is -0.454 e. The van der Waals surface area contributed by atoms with E-state index in [1.165, 1.54) is 0 Å². The first-order chi connectivity index (χ1) is 24.7. The van der Waals surface area contributed by atoms with Crippen molar-refractivity contribution >= 4 is 43.9 Å². The highest BCUT2D eigenvalue weighted by atomic mass is 16.3. The van der Waals surface area contributed by atoms with Crippen LogP contribution in [0.4, 0.5) is 0 Å². The number of rotatable bonds is 5. The molecule has 0 saturated heterocycles. The Bertz CT molecular complexity index is 2700. The van der Waals surface area contributed by atoms with Crippen molar-refractivity contribution in [2.24, 2.45) is 0 Å². The maximum absolute atomic E-state index is 6.00. The van der Waals surface area contributed by atoms with Gasteiger partial charge >= 0.3 is 0 Å². The van der Waals surface area contributed by atoms with E-state index in [0.717, 1.165) is 99.8 Å². The first-order valence-corrected chi connectivity index (χ1v) is 16.6. The average molecular weight is 642 g/mol. The topological polar surface area (TPSA) is 65.0 Å². The molecule has 0 saturated carbocycles. The molecule has 0 spiro atoms. The van der Waals surface area contributed by atoms with E-state index >= 15 is 0 Å². The Hall–Kier alpha value is -6.85. The molecule has 5 nitrogen and oxygen atoms in total. The maximum Gasteiger partial charge on any atom is 0.153 e. The third kappa shape index (κ3) is 4.83. The second-order valence-corrected chi connectivity index (χ2v) is 12.5. The average Bonchev–Trinajstić information content (AvgIpc) is 3.76. The fourth-order valence-electron chi connectivity index (χ4n) is 6.97. The van der Waals surface area contributed by atoms with E-state index in [0.29, 0.717) is 0 Å². The van der Waals surface area contributed by atoms with E-state index in [-0.39, 0.29) is 0 Å². The van der Waals surface area contributed by atoms with Gasteiger partial charge in [-0.2, -0.15) is 0 Å². The van der Waals surface area contributed by atoms with Crippen LogP contribution in [0.5, 0.6) is 0 Å². The minimum atomic E-state index is 0.797. The summed E-state index contributed by atoms with van der Waals surface area (Å²) in [4.78, 5) is 13.6. The van der Waals surface area contributed by atoms with Crippen LogP contribution in [0.15, 0.2) is 173 Å². The molecule has 5 heteroatoms. The van der Waals surface area contributed by atoms with Gasteiger partial charge in [-0.25, -0.2) is 4.98 Å². The number of fused-ring (bicyclic) bond motifs is 6. The van der Waals surface area contributed by atoms with Crippen molar-refractivity contribution < 1.29 is 8.83 Å². The normalized spacial score (nSPS) is 11.6. The van der Waals surface area contributed by atoms with Gasteiger partial charge in [0.1, 0.15) is 11.2 Å². The summed E-state index contributed by atoms with van der Waals surface area (Å²) in [5.74, 6) is 0. The molecule has 0 unspecified atom stereocenters. The molecule has 5 aromatic carbocycles. The predicted molar refractivity (Wildman–Crippen MR) is 202 cm³/mol. The van der Waals surface area contributed by atoms with Crippen LogP contribution in [0.2, 0.25) is 0 Å². The molecule has 5 aromatic heterocycles. The fourth-order valence-corrected chi connectivity index (χ4v) is 6.97. The van der Waals surface area contributed by atoms with Gasteiger partial charge in [0.05, 0.1) is 23.8 Å². The molecular weight excluding hydrogens is 615 g/mol. The van der Waals surface area contributed by atoms with Crippen LogP contribution in [-0.2, 0) is 0 Å². The summed E-state index contributed by atoms with van der Waals surface area (Å²) in [7, 11) is 0. The monoisotopic (exact) mass is 641 g/mol. The molecule has 0 atom stereocenters. The number of benzene rings is 5. The van der Waals surface area contributed by atoms with Crippen molar-refractivity contribution in [1.29, 1.82) is 0 Å². The number of aromatic nitrogens is 3. The molecule has 0 N–H and O–H groups in total. The Morgan fingerprint density at radius 2 is 0.720 bits per heavy atom. The van der Waals surface area contributed by atoms with Gasteiger partial charge in [-0.3, -0.25) is 9.97 Å². The van der Waals surface area contributed by atoms with Crippen molar-refractivity contribution in [2.45, 2.75) is 0 Å². The van der Waals surface area contributed by atoms with Gasteiger partial charge in [0, 0.05) is 45.1 Å².